The van der Waals surface area contributed by atoms with Gasteiger partial charge in [0.05, 0.1) is 0 Å². The molecule has 1 aliphatic rings. The normalized spacial score (nSPS) is 15.9. The lowest BCUT2D eigenvalue weighted by Gasteiger charge is -2.25. The molecule has 19 heavy (non-hydrogen) atoms. The minimum absolute atomic E-state index is 0.0833. The van der Waals surface area contributed by atoms with E-state index in [1.807, 2.05) is 0 Å². The second kappa shape index (κ2) is 5.46. The number of halogens is 2. The maximum Gasteiger partial charge on any atom is 0.264 e. The van der Waals surface area contributed by atoms with E-state index in [1.165, 1.54) is 12.5 Å². The van der Waals surface area contributed by atoms with Crippen LogP contribution in [0.3, 0.4) is 0 Å². The summed E-state index contributed by atoms with van der Waals surface area (Å²) in [5, 5.41) is 2.70. The fourth-order valence-corrected chi connectivity index (χ4v) is 2.79. The number of carbonyl (C=O) groups is 1. The molecular weight excluding hydrogens is 293 g/mol. The molecule has 1 amide bonds. The Morgan fingerprint density at radius 1 is 1.42 bits per heavy atom. The molecule has 1 aromatic carbocycles. The third kappa shape index (κ3) is 3.45. The third-order valence-electron chi connectivity index (χ3n) is 3.23. The van der Waals surface area contributed by atoms with Crippen molar-refractivity contribution in [1.29, 1.82) is 0 Å². The highest BCUT2D eigenvalue weighted by Crippen LogP contribution is 2.25. The monoisotopic (exact) mass is 305 g/mol. The lowest BCUT2D eigenvalue weighted by atomic mass is 9.85. The van der Waals surface area contributed by atoms with Gasteiger partial charge in [-0.3, -0.25) is 4.79 Å². The van der Waals surface area contributed by atoms with Gasteiger partial charge in [0.25, 0.3) is 15.0 Å². The number of rotatable bonds is 4. The van der Waals surface area contributed by atoms with Crippen LogP contribution in [0.5, 0.6) is 0 Å². The predicted molar refractivity (Wildman–Crippen MR) is 69.1 cm³/mol. The number of amides is 1. The number of hydrogen-bond donors (Lipinski definition) is 1. The van der Waals surface area contributed by atoms with Crippen molar-refractivity contribution >= 4 is 25.6 Å². The molecule has 0 unspecified atom stereocenters. The van der Waals surface area contributed by atoms with E-state index in [4.69, 9.17) is 10.7 Å². The number of carbonyl (C=O) groups excluding carboxylic acids is 1. The van der Waals surface area contributed by atoms with Crippen LogP contribution in [0, 0.1) is 11.7 Å². The molecule has 0 aliphatic heterocycles. The topological polar surface area (TPSA) is 63.2 Å². The Morgan fingerprint density at radius 3 is 2.63 bits per heavy atom. The molecule has 0 atom stereocenters. The van der Waals surface area contributed by atoms with Gasteiger partial charge in [0.1, 0.15) is 10.7 Å². The van der Waals surface area contributed by atoms with Gasteiger partial charge in [0.15, 0.2) is 0 Å². The van der Waals surface area contributed by atoms with Crippen molar-refractivity contribution < 1.29 is 17.6 Å². The maximum absolute atomic E-state index is 13.3. The van der Waals surface area contributed by atoms with Crippen molar-refractivity contribution in [2.45, 2.75) is 24.2 Å². The zero-order valence-electron chi connectivity index (χ0n) is 10.0. The van der Waals surface area contributed by atoms with Crippen LogP contribution in [0.15, 0.2) is 23.1 Å². The number of nitrogens with one attached hydrogen (secondary N) is 1. The molecule has 0 aromatic heterocycles. The Hall–Kier alpha value is -1.14. The van der Waals surface area contributed by atoms with Crippen LogP contribution in [0.25, 0.3) is 0 Å². The molecule has 1 aliphatic carbocycles. The van der Waals surface area contributed by atoms with Crippen LogP contribution in [0.4, 0.5) is 4.39 Å². The average molecular weight is 306 g/mol. The second-order valence-electron chi connectivity index (χ2n) is 4.59. The highest BCUT2D eigenvalue weighted by atomic mass is 35.7. The van der Waals surface area contributed by atoms with E-state index in [2.05, 4.69) is 5.32 Å². The lowest BCUT2D eigenvalue weighted by molar-refractivity contribution is 0.0939. The summed E-state index contributed by atoms with van der Waals surface area (Å²) in [6.45, 7) is 0.555. The van der Waals surface area contributed by atoms with E-state index in [9.17, 15) is 17.6 Å². The SMILES string of the molecule is O=C(NCC1CCC1)c1ccc(F)c(S(=O)(=O)Cl)c1. The molecule has 4 nitrogen and oxygen atoms in total. The van der Waals surface area contributed by atoms with Crippen LogP contribution in [-0.2, 0) is 9.05 Å². The van der Waals surface area contributed by atoms with Gasteiger partial charge in [-0.1, -0.05) is 6.42 Å². The molecule has 0 radical (unpaired) electrons. The maximum atomic E-state index is 13.3. The summed E-state index contributed by atoms with van der Waals surface area (Å²) in [4.78, 5) is 11.1. The summed E-state index contributed by atoms with van der Waals surface area (Å²) in [6.07, 6.45) is 3.35. The highest BCUT2D eigenvalue weighted by Gasteiger charge is 2.21. The molecule has 1 aromatic rings. The molecule has 0 bridgehead atoms. The van der Waals surface area contributed by atoms with Crippen LogP contribution >= 0.6 is 10.7 Å². The van der Waals surface area contributed by atoms with Gasteiger partial charge in [-0.25, -0.2) is 12.8 Å². The van der Waals surface area contributed by atoms with Gasteiger partial charge < -0.3 is 5.32 Å². The average Bonchev–Trinajstić information content (AvgIpc) is 2.25. The first-order chi connectivity index (χ1) is 8.88. The summed E-state index contributed by atoms with van der Waals surface area (Å²) in [6, 6.07) is 3.11. The zero-order chi connectivity index (χ0) is 14.0. The molecule has 0 heterocycles. The van der Waals surface area contributed by atoms with Crippen molar-refractivity contribution in [3.63, 3.8) is 0 Å². The van der Waals surface area contributed by atoms with Gasteiger partial charge in [0, 0.05) is 22.8 Å². The first-order valence-corrected chi connectivity index (χ1v) is 8.21. The van der Waals surface area contributed by atoms with Crippen LogP contribution in [-0.4, -0.2) is 20.9 Å². The van der Waals surface area contributed by atoms with E-state index in [0.29, 0.717) is 12.5 Å². The van der Waals surface area contributed by atoms with Crippen LogP contribution < -0.4 is 5.32 Å². The zero-order valence-corrected chi connectivity index (χ0v) is 11.6. The first-order valence-electron chi connectivity index (χ1n) is 5.90. The minimum atomic E-state index is -4.20. The van der Waals surface area contributed by atoms with Gasteiger partial charge in [-0.15, -0.1) is 0 Å². The van der Waals surface area contributed by atoms with E-state index in [-0.39, 0.29) is 5.56 Å². The van der Waals surface area contributed by atoms with Crippen molar-refractivity contribution in [3.8, 4) is 0 Å². The molecule has 0 spiro atoms. The quantitative estimate of drug-likeness (QED) is 0.868. The first kappa shape index (κ1) is 14.3. The number of benzene rings is 1. The van der Waals surface area contributed by atoms with Crippen molar-refractivity contribution in [1.82, 2.24) is 5.32 Å². The fourth-order valence-electron chi connectivity index (χ4n) is 1.87. The Labute approximate surface area is 115 Å². The van der Waals surface area contributed by atoms with Gasteiger partial charge in [-0.2, -0.15) is 0 Å². The molecule has 2 rings (SSSR count). The van der Waals surface area contributed by atoms with E-state index in [0.717, 1.165) is 25.0 Å². The molecule has 104 valence electrons. The van der Waals surface area contributed by atoms with Crippen molar-refractivity contribution in [3.05, 3.63) is 29.6 Å². The molecule has 1 fully saturated rings. The van der Waals surface area contributed by atoms with Crippen molar-refractivity contribution in [2.75, 3.05) is 6.54 Å². The van der Waals surface area contributed by atoms with Gasteiger partial charge >= 0.3 is 0 Å². The summed E-state index contributed by atoms with van der Waals surface area (Å²) in [5.41, 5.74) is 0.0833. The summed E-state index contributed by atoms with van der Waals surface area (Å²) in [5.74, 6) is -0.903. The van der Waals surface area contributed by atoms with Crippen LogP contribution in [0.1, 0.15) is 29.6 Å². The minimum Gasteiger partial charge on any atom is -0.352 e. The molecule has 0 saturated heterocycles. The largest absolute Gasteiger partial charge is 0.352 e. The Morgan fingerprint density at radius 2 is 2.11 bits per heavy atom. The molecule has 1 N–H and O–H groups in total. The standard InChI is InChI=1S/C12H13ClFNO3S/c13-19(17,18)11-6-9(4-5-10(11)14)12(16)15-7-8-2-1-3-8/h4-6,8H,1-3,7H2,(H,15,16). The summed E-state index contributed by atoms with van der Waals surface area (Å²) in [7, 11) is 0.903. The second-order valence-corrected chi connectivity index (χ2v) is 7.12. The molecule has 1 saturated carbocycles. The Balaban J connectivity index is 2.13. The van der Waals surface area contributed by atoms with E-state index < -0.39 is 25.7 Å². The molecular formula is C12H13ClFNO3S. The van der Waals surface area contributed by atoms with Gasteiger partial charge in [-0.05, 0) is 37.0 Å². The Bertz CT molecular complexity index is 599. The Kier molecular flexibility index (Phi) is 4.10. The van der Waals surface area contributed by atoms with Crippen molar-refractivity contribution in [2.24, 2.45) is 5.92 Å². The summed E-state index contributed by atoms with van der Waals surface area (Å²) < 4.78 is 35.6. The predicted octanol–water partition coefficient (Wildman–Crippen LogP) is 2.28. The van der Waals surface area contributed by atoms with Crippen LogP contribution in [0.2, 0.25) is 0 Å². The number of hydrogen-bond acceptors (Lipinski definition) is 3. The lowest BCUT2D eigenvalue weighted by Crippen LogP contribution is -2.32. The van der Waals surface area contributed by atoms with E-state index in [1.54, 1.807) is 0 Å². The fraction of sp³-hybridized carbons (Fsp3) is 0.417. The highest BCUT2D eigenvalue weighted by molar-refractivity contribution is 8.13. The molecule has 7 heteroatoms. The van der Waals surface area contributed by atoms with Gasteiger partial charge in [0.2, 0.25) is 0 Å². The third-order valence-corrected chi connectivity index (χ3v) is 4.57. The smallest absolute Gasteiger partial charge is 0.264 e. The summed E-state index contributed by atoms with van der Waals surface area (Å²) >= 11 is 0. The van der Waals surface area contributed by atoms with E-state index >= 15 is 0 Å².